The topological polar surface area (TPSA) is 116 Å². The minimum absolute atomic E-state index is 0.0352. The number of aromatic nitrogens is 4. The van der Waals surface area contributed by atoms with Crippen LogP contribution in [0.15, 0.2) is 42.9 Å². The smallest absolute Gasteiger partial charge is 0.416 e. The fraction of sp³-hybridized carbons (Fsp3) is 0.424. The van der Waals surface area contributed by atoms with Crippen molar-refractivity contribution in [3.05, 3.63) is 76.5 Å². The first-order valence-electron chi connectivity index (χ1n) is 15.6. The van der Waals surface area contributed by atoms with Crippen LogP contribution in [0.3, 0.4) is 0 Å². The molecule has 1 atom stereocenters. The highest BCUT2D eigenvalue weighted by Gasteiger charge is 2.35. The third kappa shape index (κ3) is 6.75. The molecule has 10 nitrogen and oxygen atoms in total. The molecule has 0 aliphatic carbocycles. The lowest BCUT2D eigenvalue weighted by Crippen LogP contribution is -2.43. The number of piperazine rings is 1. The second-order valence-electron chi connectivity index (χ2n) is 11.8. The van der Waals surface area contributed by atoms with Gasteiger partial charge in [0, 0.05) is 58.2 Å². The number of alkyl halides is 3. The molecule has 46 heavy (non-hydrogen) atoms. The Morgan fingerprint density at radius 1 is 1.07 bits per heavy atom. The van der Waals surface area contributed by atoms with E-state index in [2.05, 4.69) is 25.3 Å². The number of hydrogen-bond donors (Lipinski definition) is 2. The minimum atomic E-state index is -4.52. The number of rotatable bonds is 9. The van der Waals surface area contributed by atoms with Crippen LogP contribution in [0.25, 0.3) is 11.0 Å². The third-order valence-electron chi connectivity index (χ3n) is 8.67. The van der Waals surface area contributed by atoms with Crippen LogP contribution in [0.2, 0.25) is 0 Å². The Morgan fingerprint density at radius 2 is 1.87 bits per heavy atom. The maximum absolute atomic E-state index is 14.1. The van der Waals surface area contributed by atoms with E-state index in [1.165, 1.54) is 12.4 Å². The molecular formula is C33H36F3N7O3. The number of halogens is 3. The van der Waals surface area contributed by atoms with Crippen molar-refractivity contribution in [2.45, 2.75) is 58.3 Å². The monoisotopic (exact) mass is 635 g/mol. The number of ketones is 1. The molecule has 0 unspecified atom stereocenters. The molecule has 1 aromatic carbocycles. The summed E-state index contributed by atoms with van der Waals surface area (Å²) in [6, 6.07) is 7.75. The van der Waals surface area contributed by atoms with Gasteiger partial charge in [-0.25, -0.2) is 9.97 Å². The number of ether oxygens (including phenoxy) is 1. The van der Waals surface area contributed by atoms with Gasteiger partial charge in [0.1, 0.15) is 17.7 Å². The molecule has 1 fully saturated rings. The number of hydrogen-bond acceptors (Lipinski definition) is 8. The fourth-order valence-corrected chi connectivity index (χ4v) is 6.17. The average molecular weight is 636 g/mol. The van der Waals surface area contributed by atoms with Crippen LogP contribution >= 0.6 is 0 Å². The molecule has 2 aliphatic rings. The van der Waals surface area contributed by atoms with Crippen molar-refractivity contribution in [1.82, 2.24) is 35.1 Å². The molecule has 0 saturated carbocycles. The maximum atomic E-state index is 14.1. The van der Waals surface area contributed by atoms with E-state index in [9.17, 15) is 22.8 Å². The number of aromatic amines is 1. The predicted octanol–water partition coefficient (Wildman–Crippen LogP) is 5.24. The van der Waals surface area contributed by atoms with Gasteiger partial charge >= 0.3 is 6.18 Å². The molecule has 0 radical (unpaired) electrons. The number of carbonyl (C=O) groups excluding carboxylic acids is 2. The Morgan fingerprint density at radius 3 is 2.61 bits per heavy atom. The number of benzene rings is 1. The first-order valence-corrected chi connectivity index (χ1v) is 15.6. The van der Waals surface area contributed by atoms with Crippen LogP contribution in [-0.4, -0.2) is 74.1 Å². The first kappa shape index (κ1) is 31.6. The second-order valence-corrected chi connectivity index (χ2v) is 11.8. The van der Waals surface area contributed by atoms with Gasteiger partial charge in [0.25, 0.3) is 0 Å². The van der Waals surface area contributed by atoms with Crippen molar-refractivity contribution in [2.24, 2.45) is 0 Å². The summed E-state index contributed by atoms with van der Waals surface area (Å²) in [5.74, 6) is 0.316. The highest BCUT2D eigenvalue weighted by atomic mass is 19.4. The largest absolute Gasteiger partial charge is 0.437 e. The number of fused-ring (bicyclic) bond motifs is 2. The van der Waals surface area contributed by atoms with Crippen molar-refractivity contribution in [3.8, 4) is 11.6 Å². The molecule has 13 heteroatoms. The third-order valence-corrected chi connectivity index (χ3v) is 8.67. The lowest BCUT2D eigenvalue weighted by Gasteiger charge is -2.34. The van der Waals surface area contributed by atoms with Gasteiger partial charge < -0.3 is 19.9 Å². The van der Waals surface area contributed by atoms with Crippen molar-refractivity contribution in [1.29, 1.82) is 0 Å². The number of pyridine rings is 1. The zero-order chi connectivity index (χ0) is 32.4. The van der Waals surface area contributed by atoms with Gasteiger partial charge in [-0.1, -0.05) is 26.0 Å². The minimum Gasteiger partial charge on any atom is -0.437 e. The molecule has 242 valence electrons. The zero-order valence-electron chi connectivity index (χ0n) is 25.8. The van der Waals surface area contributed by atoms with E-state index in [0.29, 0.717) is 54.1 Å². The van der Waals surface area contributed by atoms with Crippen LogP contribution in [0.5, 0.6) is 11.6 Å². The Balaban J connectivity index is 1.20. The molecule has 0 spiro atoms. The van der Waals surface area contributed by atoms with Gasteiger partial charge in [-0.2, -0.15) is 13.2 Å². The summed E-state index contributed by atoms with van der Waals surface area (Å²) < 4.78 is 48.4. The van der Waals surface area contributed by atoms with E-state index in [4.69, 9.17) is 4.74 Å². The van der Waals surface area contributed by atoms with Crippen LogP contribution < -0.4 is 10.1 Å². The van der Waals surface area contributed by atoms with Gasteiger partial charge in [-0.3, -0.25) is 19.5 Å². The SMILES string of the molecule is CCC(=O)c1cc2c(Oc3cnc4c(c3)CN(C(=O)Cc3ccc(CN5CCNCC5)c(C(F)(F)F)c3)C[C@@H]4CC)ncnc2[nH]1. The van der Waals surface area contributed by atoms with Gasteiger partial charge in [-0.15, -0.1) is 0 Å². The average Bonchev–Trinajstić information content (AvgIpc) is 3.50. The van der Waals surface area contributed by atoms with E-state index in [-0.39, 0.29) is 48.6 Å². The van der Waals surface area contributed by atoms with E-state index in [1.807, 2.05) is 17.9 Å². The summed E-state index contributed by atoms with van der Waals surface area (Å²) in [5.41, 5.74) is 2.41. The van der Waals surface area contributed by atoms with Crippen molar-refractivity contribution in [2.75, 3.05) is 32.7 Å². The van der Waals surface area contributed by atoms with Crippen molar-refractivity contribution < 1.29 is 27.5 Å². The molecule has 6 rings (SSSR count). The molecule has 1 saturated heterocycles. The highest BCUT2D eigenvalue weighted by molar-refractivity contribution is 5.99. The van der Waals surface area contributed by atoms with Gasteiger partial charge in [-0.05, 0) is 41.3 Å². The lowest BCUT2D eigenvalue weighted by molar-refractivity contribution is -0.138. The van der Waals surface area contributed by atoms with Crippen LogP contribution in [0.1, 0.15) is 71.0 Å². The van der Waals surface area contributed by atoms with E-state index < -0.39 is 11.7 Å². The van der Waals surface area contributed by atoms with Gasteiger partial charge in [0.2, 0.25) is 11.8 Å². The Bertz CT molecular complexity index is 1750. The number of amides is 1. The zero-order valence-corrected chi connectivity index (χ0v) is 25.8. The summed E-state index contributed by atoms with van der Waals surface area (Å²) in [7, 11) is 0. The van der Waals surface area contributed by atoms with Gasteiger partial charge in [0.15, 0.2) is 5.78 Å². The lowest BCUT2D eigenvalue weighted by atomic mass is 9.92. The summed E-state index contributed by atoms with van der Waals surface area (Å²) >= 11 is 0. The van der Waals surface area contributed by atoms with Crippen LogP contribution in [0, 0.1) is 0 Å². The van der Waals surface area contributed by atoms with E-state index in [0.717, 1.165) is 36.8 Å². The van der Waals surface area contributed by atoms with Gasteiger partial charge in [0.05, 0.1) is 35.0 Å². The molecule has 2 N–H and O–H groups in total. The molecule has 1 amide bonds. The molecule has 0 bridgehead atoms. The second kappa shape index (κ2) is 13.2. The standard InChI is InChI=1S/C33H36F3N7O3/c1-3-21-17-43(29(45)12-20-5-6-22(26(11-20)33(34,35)36)16-42-9-7-37-8-10-42)18-23-13-24(15-38-30(21)23)46-32-25-14-27(28(44)4-2)41-31(25)39-19-40-32/h5-6,11,13-15,19,21,37H,3-4,7-10,12,16-18H2,1-2H3,(H,39,40,41)/t21-/m0/s1. The fourth-order valence-electron chi connectivity index (χ4n) is 6.17. The molecule has 3 aromatic heterocycles. The van der Waals surface area contributed by atoms with E-state index >= 15 is 0 Å². The van der Waals surface area contributed by atoms with Crippen LogP contribution in [-0.2, 0) is 30.5 Å². The Kier molecular flexibility index (Phi) is 9.05. The number of nitrogens with zero attached hydrogens (tertiary/aromatic N) is 5. The Labute approximate surface area is 264 Å². The quantitative estimate of drug-likeness (QED) is 0.240. The highest BCUT2D eigenvalue weighted by Crippen LogP contribution is 2.36. The van der Waals surface area contributed by atoms with Crippen LogP contribution in [0.4, 0.5) is 13.2 Å². The molecule has 4 aromatic rings. The van der Waals surface area contributed by atoms with Crippen molar-refractivity contribution in [3.63, 3.8) is 0 Å². The summed E-state index contributed by atoms with van der Waals surface area (Å²) in [6.07, 6.45) is -0.645. The normalized spacial score (nSPS) is 17.2. The number of Topliss-reactive ketones (excluding diaryl/α,β-unsaturated/α-hetero) is 1. The molecule has 5 heterocycles. The van der Waals surface area contributed by atoms with E-state index in [1.54, 1.807) is 30.2 Å². The predicted molar refractivity (Wildman–Crippen MR) is 165 cm³/mol. The Hall–Kier alpha value is -4.36. The summed E-state index contributed by atoms with van der Waals surface area (Å²) in [5, 5.41) is 3.77. The number of nitrogens with one attached hydrogen (secondary N) is 2. The first-order chi connectivity index (χ1) is 22.1. The summed E-state index contributed by atoms with van der Waals surface area (Å²) in [6.45, 7) is 7.54. The summed E-state index contributed by atoms with van der Waals surface area (Å²) in [4.78, 5) is 45.6. The maximum Gasteiger partial charge on any atom is 0.416 e. The number of H-pyrrole nitrogens is 1. The molecule has 2 aliphatic heterocycles. The van der Waals surface area contributed by atoms with Crippen molar-refractivity contribution >= 4 is 22.7 Å². The number of carbonyl (C=O) groups is 2. The molecular weight excluding hydrogens is 599 g/mol.